The fourth-order valence-electron chi connectivity index (χ4n) is 2.29. The predicted molar refractivity (Wildman–Crippen MR) is 96.0 cm³/mol. The van der Waals surface area contributed by atoms with Crippen LogP contribution in [0.25, 0.3) is 10.1 Å². The second-order valence-electron chi connectivity index (χ2n) is 5.47. The lowest BCUT2D eigenvalue weighted by Gasteiger charge is -2.10. The Balaban J connectivity index is 1.61. The summed E-state index contributed by atoms with van der Waals surface area (Å²) in [6.07, 6.45) is -4.38. The molecule has 136 valence electrons. The van der Waals surface area contributed by atoms with Crippen molar-refractivity contribution in [3.05, 3.63) is 64.0 Å². The molecule has 0 fully saturated rings. The quantitative estimate of drug-likeness (QED) is 0.621. The maximum Gasteiger partial charge on any atom is 0.422 e. The molecule has 0 bridgehead atoms. The van der Waals surface area contributed by atoms with Gasteiger partial charge >= 0.3 is 6.18 Å². The predicted octanol–water partition coefficient (Wildman–Crippen LogP) is 5.43. The van der Waals surface area contributed by atoms with Crippen molar-refractivity contribution in [1.29, 1.82) is 0 Å². The Kier molecular flexibility index (Phi) is 5.38. The number of fused-ring (bicyclic) bond motifs is 1. The van der Waals surface area contributed by atoms with Crippen molar-refractivity contribution >= 4 is 38.9 Å². The van der Waals surface area contributed by atoms with Crippen molar-refractivity contribution in [2.45, 2.75) is 12.7 Å². The molecule has 1 heterocycles. The molecule has 0 unspecified atom stereocenters. The average Bonchev–Trinajstić information content (AvgIpc) is 2.95. The number of amides is 1. The number of benzene rings is 2. The average molecular weight is 400 g/mol. The number of rotatable bonds is 5. The summed E-state index contributed by atoms with van der Waals surface area (Å²) in [5.74, 6) is -0.182. The van der Waals surface area contributed by atoms with Crippen LogP contribution in [0.4, 0.5) is 13.2 Å². The molecule has 3 aromatic rings. The van der Waals surface area contributed by atoms with Gasteiger partial charge < -0.3 is 10.1 Å². The highest BCUT2D eigenvalue weighted by Gasteiger charge is 2.28. The van der Waals surface area contributed by atoms with E-state index in [1.165, 1.54) is 23.5 Å². The first kappa shape index (κ1) is 18.5. The number of ether oxygens (including phenoxy) is 1. The van der Waals surface area contributed by atoms with Gasteiger partial charge in [-0.1, -0.05) is 41.9 Å². The summed E-state index contributed by atoms with van der Waals surface area (Å²) in [5, 5.41) is 4.00. The Bertz CT molecular complexity index is 922. The second-order valence-corrected chi connectivity index (χ2v) is 6.90. The first-order valence-corrected chi connectivity index (χ1v) is 8.76. The highest BCUT2D eigenvalue weighted by molar-refractivity contribution is 7.21. The van der Waals surface area contributed by atoms with Crippen molar-refractivity contribution in [3.63, 3.8) is 0 Å². The lowest BCUT2D eigenvalue weighted by Crippen LogP contribution is -2.22. The number of thiophene rings is 1. The number of nitrogens with one attached hydrogen (secondary N) is 1. The summed E-state index contributed by atoms with van der Waals surface area (Å²) in [5.41, 5.74) is 0.731. The normalized spacial score (nSPS) is 11.5. The standard InChI is InChI=1S/C18H13ClF3NO2S/c19-15-13-3-1-2-4-14(13)26-16(15)17(24)23-9-11-5-7-12(8-6-11)25-10-18(20,21)22/h1-8H,9-10H2,(H,23,24). The minimum Gasteiger partial charge on any atom is -0.484 e. The third kappa shape index (κ3) is 4.47. The van der Waals surface area contributed by atoms with Crippen LogP contribution in [0.2, 0.25) is 5.02 Å². The molecule has 0 spiro atoms. The van der Waals surface area contributed by atoms with E-state index in [4.69, 9.17) is 11.6 Å². The molecular weight excluding hydrogens is 387 g/mol. The number of halogens is 4. The number of alkyl halides is 3. The van der Waals surface area contributed by atoms with Crippen LogP contribution < -0.4 is 10.1 Å². The van der Waals surface area contributed by atoms with Crippen LogP contribution >= 0.6 is 22.9 Å². The number of hydrogen-bond acceptors (Lipinski definition) is 3. The van der Waals surface area contributed by atoms with E-state index in [1.54, 1.807) is 12.1 Å². The molecule has 0 saturated carbocycles. The van der Waals surface area contributed by atoms with Crippen LogP contribution in [0.15, 0.2) is 48.5 Å². The summed E-state index contributed by atoms with van der Waals surface area (Å²) in [6.45, 7) is -1.11. The highest BCUT2D eigenvalue weighted by atomic mass is 35.5. The molecule has 1 N–H and O–H groups in total. The summed E-state index contributed by atoms with van der Waals surface area (Å²) >= 11 is 7.58. The van der Waals surface area contributed by atoms with Gasteiger partial charge in [0.2, 0.25) is 0 Å². The fraction of sp³-hybridized carbons (Fsp3) is 0.167. The van der Waals surface area contributed by atoms with Gasteiger partial charge in [0.1, 0.15) is 10.6 Å². The first-order valence-electron chi connectivity index (χ1n) is 7.57. The maximum atomic E-state index is 12.4. The zero-order valence-electron chi connectivity index (χ0n) is 13.3. The van der Waals surface area contributed by atoms with Crippen LogP contribution in [0, 0.1) is 0 Å². The molecule has 0 aliphatic carbocycles. The van der Waals surface area contributed by atoms with Crippen molar-refractivity contribution in [2.24, 2.45) is 0 Å². The van der Waals surface area contributed by atoms with E-state index >= 15 is 0 Å². The molecule has 0 aliphatic rings. The molecule has 3 nitrogen and oxygen atoms in total. The summed E-state index contributed by atoms with van der Waals surface area (Å²) in [7, 11) is 0. The number of carbonyl (C=O) groups is 1. The zero-order chi connectivity index (χ0) is 18.7. The summed E-state index contributed by atoms with van der Waals surface area (Å²) in [4.78, 5) is 12.8. The van der Waals surface area contributed by atoms with E-state index < -0.39 is 12.8 Å². The largest absolute Gasteiger partial charge is 0.484 e. The van der Waals surface area contributed by atoms with E-state index in [2.05, 4.69) is 10.1 Å². The molecule has 0 atom stereocenters. The van der Waals surface area contributed by atoms with Gasteiger partial charge in [-0.2, -0.15) is 13.2 Å². The molecule has 8 heteroatoms. The SMILES string of the molecule is O=C(NCc1ccc(OCC(F)(F)F)cc1)c1sc2ccccc2c1Cl. The summed E-state index contributed by atoms with van der Waals surface area (Å²) < 4.78 is 41.9. The van der Waals surface area contributed by atoms with E-state index in [0.717, 1.165) is 15.6 Å². The van der Waals surface area contributed by atoms with Crippen molar-refractivity contribution in [1.82, 2.24) is 5.32 Å². The molecule has 3 rings (SSSR count). The van der Waals surface area contributed by atoms with E-state index in [9.17, 15) is 18.0 Å². The van der Waals surface area contributed by atoms with Crippen molar-refractivity contribution in [2.75, 3.05) is 6.61 Å². The van der Waals surface area contributed by atoms with Gasteiger partial charge in [0.25, 0.3) is 5.91 Å². The minimum absolute atomic E-state index is 0.116. The maximum absolute atomic E-state index is 12.4. The van der Waals surface area contributed by atoms with Crippen molar-refractivity contribution in [3.8, 4) is 5.75 Å². The molecule has 0 aliphatic heterocycles. The van der Waals surface area contributed by atoms with E-state index in [1.807, 2.05) is 24.3 Å². The van der Waals surface area contributed by atoms with Gasteiger partial charge in [-0.3, -0.25) is 4.79 Å². The van der Waals surface area contributed by atoms with Crippen LogP contribution in [0.3, 0.4) is 0 Å². The van der Waals surface area contributed by atoms with Gasteiger partial charge in [0, 0.05) is 16.6 Å². The Morgan fingerprint density at radius 2 is 1.81 bits per heavy atom. The van der Waals surface area contributed by atoms with Gasteiger partial charge in [-0.15, -0.1) is 11.3 Å². The number of hydrogen-bond donors (Lipinski definition) is 1. The van der Waals surface area contributed by atoms with Gasteiger partial charge in [-0.25, -0.2) is 0 Å². The lowest BCUT2D eigenvalue weighted by atomic mass is 10.2. The van der Waals surface area contributed by atoms with E-state index in [-0.39, 0.29) is 18.2 Å². The minimum atomic E-state index is -4.38. The third-order valence-electron chi connectivity index (χ3n) is 3.52. The Labute approximate surface area is 156 Å². The third-order valence-corrected chi connectivity index (χ3v) is 5.19. The smallest absolute Gasteiger partial charge is 0.422 e. The Hall–Kier alpha value is -2.25. The molecule has 1 aromatic heterocycles. The van der Waals surface area contributed by atoms with Crippen LogP contribution in [0.1, 0.15) is 15.2 Å². The monoisotopic (exact) mass is 399 g/mol. The Morgan fingerprint density at radius 3 is 2.46 bits per heavy atom. The number of carbonyl (C=O) groups excluding carboxylic acids is 1. The first-order chi connectivity index (χ1) is 12.3. The molecule has 1 amide bonds. The van der Waals surface area contributed by atoms with Crippen molar-refractivity contribution < 1.29 is 22.7 Å². The van der Waals surface area contributed by atoms with Crippen LogP contribution in [0.5, 0.6) is 5.75 Å². The Morgan fingerprint density at radius 1 is 1.12 bits per heavy atom. The van der Waals surface area contributed by atoms with Crippen LogP contribution in [-0.2, 0) is 6.54 Å². The summed E-state index contributed by atoms with van der Waals surface area (Å²) in [6, 6.07) is 13.5. The van der Waals surface area contributed by atoms with Gasteiger partial charge in [0.05, 0.1) is 5.02 Å². The van der Waals surface area contributed by atoms with Crippen LogP contribution in [-0.4, -0.2) is 18.7 Å². The second kappa shape index (κ2) is 7.55. The van der Waals surface area contributed by atoms with Gasteiger partial charge in [-0.05, 0) is 23.8 Å². The topological polar surface area (TPSA) is 38.3 Å². The fourth-order valence-corrected chi connectivity index (χ4v) is 3.72. The molecule has 0 saturated heterocycles. The van der Waals surface area contributed by atoms with E-state index in [0.29, 0.717) is 9.90 Å². The lowest BCUT2D eigenvalue weighted by molar-refractivity contribution is -0.153. The zero-order valence-corrected chi connectivity index (χ0v) is 14.8. The highest BCUT2D eigenvalue weighted by Crippen LogP contribution is 2.35. The molecule has 26 heavy (non-hydrogen) atoms. The molecular formula is C18H13ClF3NO2S. The van der Waals surface area contributed by atoms with Gasteiger partial charge in [0.15, 0.2) is 6.61 Å². The molecule has 0 radical (unpaired) electrons. The molecule has 2 aromatic carbocycles.